The summed E-state index contributed by atoms with van der Waals surface area (Å²) in [5.41, 5.74) is 3.75. The standard InChI is InChI=1S/C26H35N5O2/c1-4-6-14-31(3)24-18-22(17-23(30-24)26-29-13-15-33-26)25(32)28-12-8-11-27-19-21-10-7-9-20(5-2)16-21/h7,9-10,13,15-18,27H,4-6,8,11-12,14,19H2,1-3H3,(H,28,32). The van der Waals surface area contributed by atoms with Crippen LogP contribution >= 0.6 is 0 Å². The number of hydrogen-bond donors (Lipinski definition) is 2. The molecule has 2 N–H and O–H groups in total. The largest absolute Gasteiger partial charge is 0.443 e. The number of aromatic nitrogens is 2. The van der Waals surface area contributed by atoms with Crippen LogP contribution in [0.25, 0.3) is 11.6 Å². The fourth-order valence-electron chi connectivity index (χ4n) is 3.52. The molecule has 0 spiro atoms. The summed E-state index contributed by atoms with van der Waals surface area (Å²) in [6.07, 6.45) is 7.13. The number of nitrogens with one attached hydrogen (secondary N) is 2. The van der Waals surface area contributed by atoms with E-state index >= 15 is 0 Å². The molecule has 2 heterocycles. The number of anilines is 1. The summed E-state index contributed by atoms with van der Waals surface area (Å²) < 4.78 is 5.41. The molecule has 3 rings (SSSR count). The van der Waals surface area contributed by atoms with Gasteiger partial charge in [0.1, 0.15) is 17.8 Å². The van der Waals surface area contributed by atoms with Crippen LogP contribution in [-0.2, 0) is 13.0 Å². The van der Waals surface area contributed by atoms with E-state index in [1.54, 1.807) is 12.3 Å². The van der Waals surface area contributed by atoms with Crippen molar-refractivity contribution in [1.29, 1.82) is 0 Å². The molecular weight excluding hydrogens is 414 g/mol. The quantitative estimate of drug-likeness (QED) is 0.375. The predicted octanol–water partition coefficient (Wildman–Crippen LogP) is 4.45. The van der Waals surface area contributed by atoms with Crippen molar-refractivity contribution in [2.75, 3.05) is 31.6 Å². The van der Waals surface area contributed by atoms with Gasteiger partial charge in [0, 0.05) is 32.2 Å². The lowest BCUT2D eigenvalue weighted by Crippen LogP contribution is -2.28. The maximum atomic E-state index is 12.9. The summed E-state index contributed by atoms with van der Waals surface area (Å²) in [4.78, 5) is 23.8. The summed E-state index contributed by atoms with van der Waals surface area (Å²) >= 11 is 0. The van der Waals surface area contributed by atoms with Crippen molar-refractivity contribution in [1.82, 2.24) is 20.6 Å². The van der Waals surface area contributed by atoms with Gasteiger partial charge in [0.05, 0.1) is 6.20 Å². The minimum absolute atomic E-state index is 0.119. The van der Waals surface area contributed by atoms with Crippen molar-refractivity contribution >= 4 is 11.7 Å². The van der Waals surface area contributed by atoms with Crippen LogP contribution in [0.2, 0.25) is 0 Å². The Bertz CT molecular complexity index is 1000. The summed E-state index contributed by atoms with van der Waals surface area (Å²) in [5.74, 6) is 1.03. The first-order valence-corrected chi connectivity index (χ1v) is 11.8. The minimum atomic E-state index is -0.119. The first-order valence-electron chi connectivity index (χ1n) is 11.8. The van der Waals surface area contributed by atoms with Crippen LogP contribution in [0.5, 0.6) is 0 Å². The van der Waals surface area contributed by atoms with E-state index in [0.29, 0.717) is 23.7 Å². The molecule has 0 aliphatic heterocycles. The van der Waals surface area contributed by atoms with E-state index in [9.17, 15) is 4.79 Å². The molecule has 0 aliphatic rings. The summed E-state index contributed by atoms with van der Waals surface area (Å²) in [6, 6.07) is 12.2. The third kappa shape index (κ3) is 7.43. The fourth-order valence-corrected chi connectivity index (χ4v) is 3.52. The Morgan fingerprint density at radius 2 is 1.94 bits per heavy atom. The summed E-state index contributed by atoms with van der Waals surface area (Å²) in [7, 11) is 1.99. The fraction of sp³-hybridized carbons (Fsp3) is 0.423. The number of amides is 1. The number of carbonyl (C=O) groups excluding carboxylic acids is 1. The second kappa shape index (κ2) is 12.7. The van der Waals surface area contributed by atoms with Crippen molar-refractivity contribution in [2.45, 2.75) is 46.1 Å². The monoisotopic (exact) mass is 449 g/mol. The van der Waals surface area contributed by atoms with Crippen molar-refractivity contribution in [3.63, 3.8) is 0 Å². The van der Waals surface area contributed by atoms with Gasteiger partial charge in [0.15, 0.2) is 0 Å². The van der Waals surface area contributed by atoms with Gasteiger partial charge in [0.2, 0.25) is 5.89 Å². The van der Waals surface area contributed by atoms with Crippen molar-refractivity contribution in [3.8, 4) is 11.6 Å². The number of aryl methyl sites for hydroxylation is 1. The Morgan fingerprint density at radius 3 is 2.70 bits per heavy atom. The van der Waals surface area contributed by atoms with Crippen LogP contribution in [-0.4, -0.2) is 42.6 Å². The molecule has 0 fully saturated rings. The zero-order valence-electron chi connectivity index (χ0n) is 19.9. The van der Waals surface area contributed by atoms with Gasteiger partial charge in [-0.15, -0.1) is 0 Å². The molecule has 0 saturated carbocycles. The predicted molar refractivity (Wildman–Crippen MR) is 132 cm³/mol. The molecule has 0 atom stereocenters. The number of carbonyl (C=O) groups is 1. The van der Waals surface area contributed by atoms with E-state index in [1.807, 2.05) is 13.1 Å². The third-order valence-corrected chi connectivity index (χ3v) is 5.51. The maximum Gasteiger partial charge on any atom is 0.251 e. The van der Waals surface area contributed by atoms with E-state index in [1.165, 1.54) is 17.4 Å². The van der Waals surface area contributed by atoms with E-state index < -0.39 is 0 Å². The minimum Gasteiger partial charge on any atom is -0.443 e. The van der Waals surface area contributed by atoms with Crippen LogP contribution in [0.4, 0.5) is 5.82 Å². The number of unbranched alkanes of at least 4 members (excludes halogenated alkanes) is 1. The number of nitrogens with zero attached hydrogens (tertiary/aromatic N) is 3. The highest BCUT2D eigenvalue weighted by molar-refractivity contribution is 5.95. The Balaban J connectivity index is 1.54. The normalized spacial score (nSPS) is 10.9. The topological polar surface area (TPSA) is 83.3 Å². The number of benzene rings is 1. The highest BCUT2D eigenvalue weighted by Gasteiger charge is 2.15. The molecular formula is C26H35N5O2. The van der Waals surface area contributed by atoms with E-state index in [4.69, 9.17) is 4.42 Å². The molecule has 0 unspecified atom stereocenters. The lowest BCUT2D eigenvalue weighted by atomic mass is 10.1. The second-order valence-corrected chi connectivity index (χ2v) is 8.17. The lowest BCUT2D eigenvalue weighted by molar-refractivity contribution is 0.0953. The molecule has 0 aliphatic carbocycles. The Labute approximate surface area is 196 Å². The smallest absolute Gasteiger partial charge is 0.251 e. The van der Waals surface area contributed by atoms with E-state index in [-0.39, 0.29) is 5.91 Å². The molecule has 33 heavy (non-hydrogen) atoms. The van der Waals surface area contributed by atoms with Gasteiger partial charge in [-0.05, 0) is 49.1 Å². The van der Waals surface area contributed by atoms with Crippen LogP contribution < -0.4 is 15.5 Å². The number of oxazole rings is 1. The van der Waals surface area contributed by atoms with Gasteiger partial charge in [0.25, 0.3) is 5.91 Å². The molecule has 1 amide bonds. The van der Waals surface area contributed by atoms with Crippen LogP contribution in [0, 0.1) is 0 Å². The Morgan fingerprint density at radius 1 is 1.09 bits per heavy atom. The molecule has 2 aromatic heterocycles. The highest BCUT2D eigenvalue weighted by Crippen LogP contribution is 2.22. The summed E-state index contributed by atoms with van der Waals surface area (Å²) in [5, 5.41) is 6.47. The molecule has 0 saturated heterocycles. The zero-order valence-corrected chi connectivity index (χ0v) is 19.9. The summed E-state index contributed by atoms with van der Waals surface area (Å²) in [6.45, 7) is 7.45. The Kier molecular flexibility index (Phi) is 9.44. The molecule has 0 bridgehead atoms. The number of rotatable bonds is 13. The molecule has 7 heteroatoms. The second-order valence-electron chi connectivity index (χ2n) is 8.17. The molecule has 7 nitrogen and oxygen atoms in total. The Hall–Kier alpha value is -3.19. The SMILES string of the molecule is CCCCN(C)c1cc(C(=O)NCCCNCc2cccc(CC)c2)cc(-c2ncco2)n1. The van der Waals surface area contributed by atoms with Crippen molar-refractivity contribution in [2.24, 2.45) is 0 Å². The molecule has 176 valence electrons. The van der Waals surface area contributed by atoms with Crippen LogP contribution in [0.15, 0.2) is 53.3 Å². The molecule has 1 aromatic carbocycles. The van der Waals surface area contributed by atoms with E-state index in [0.717, 1.165) is 51.1 Å². The maximum absolute atomic E-state index is 12.9. The van der Waals surface area contributed by atoms with Gasteiger partial charge in [-0.3, -0.25) is 4.79 Å². The molecule has 3 aromatic rings. The van der Waals surface area contributed by atoms with Gasteiger partial charge < -0.3 is 20.0 Å². The first-order chi connectivity index (χ1) is 16.1. The number of pyridine rings is 1. The van der Waals surface area contributed by atoms with Gasteiger partial charge >= 0.3 is 0 Å². The zero-order chi connectivity index (χ0) is 23.5. The average molecular weight is 450 g/mol. The van der Waals surface area contributed by atoms with Crippen molar-refractivity contribution in [3.05, 3.63) is 65.5 Å². The molecule has 0 radical (unpaired) electrons. The van der Waals surface area contributed by atoms with Gasteiger partial charge in [-0.1, -0.05) is 44.5 Å². The van der Waals surface area contributed by atoms with Crippen LogP contribution in [0.3, 0.4) is 0 Å². The number of hydrogen-bond acceptors (Lipinski definition) is 6. The van der Waals surface area contributed by atoms with Gasteiger partial charge in [-0.25, -0.2) is 9.97 Å². The average Bonchev–Trinajstić information content (AvgIpc) is 3.39. The lowest BCUT2D eigenvalue weighted by Gasteiger charge is -2.19. The van der Waals surface area contributed by atoms with E-state index in [2.05, 4.69) is 63.6 Å². The third-order valence-electron chi connectivity index (χ3n) is 5.51. The van der Waals surface area contributed by atoms with Crippen molar-refractivity contribution < 1.29 is 9.21 Å². The van der Waals surface area contributed by atoms with Gasteiger partial charge in [-0.2, -0.15) is 0 Å². The first kappa shape index (κ1) is 24.5. The highest BCUT2D eigenvalue weighted by atomic mass is 16.3. The van der Waals surface area contributed by atoms with Crippen LogP contribution in [0.1, 0.15) is 54.6 Å².